The molecule has 2 nitrogen and oxygen atoms in total. The van der Waals surface area contributed by atoms with E-state index in [9.17, 15) is 0 Å². The third-order valence-electron chi connectivity index (χ3n) is 3.39. The van der Waals surface area contributed by atoms with Gasteiger partial charge in [-0.2, -0.15) is 0 Å². The number of aryl methyl sites for hydroxylation is 1. The lowest BCUT2D eigenvalue weighted by molar-refractivity contribution is 0.384. The van der Waals surface area contributed by atoms with Crippen molar-refractivity contribution >= 4 is 26.8 Å². The summed E-state index contributed by atoms with van der Waals surface area (Å²) in [6.07, 6.45) is 0.424. The minimum absolute atomic E-state index is 0.424. The Kier molecular flexibility index (Phi) is 2.33. The van der Waals surface area contributed by atoms with Crippen molar-refractivity contribution in [3.63, 3.8) is 0 Å². The third-order valence-corrected chi connectivity index (χ3v) is 4.05. The molecule has 1 fully saturated rings. The largest absolute Gasteiger partial charge is 0.371 e. The summed E-state index contributed by atoms with van der Waals surface area (Å²) in [7, 11) is 0. The van der Waals surface area contributed by atoms with Crippen molar-refractivity contribution in [2.75, 3.05) is 6.61 Å². The molecule has 2 heterocycles. The van der Waals surface area contributed by atoms with Gasteiger partial charge < -0.3 is 9.30 Å². The zero-order valence-corrected chi connectivity index (χ0v) is 11.0. The average molecular weight is 280 g/mol. The Morgan fingerprint density at radius 2 is 2.19 bits per heavy atom. The Bertz CT molecular complexity index is 555. The zero-order valence-electron chi connectivity index (χ0n) is 9.46. The van der Waals surface area contributed by atoms with Gasteiger partial charge in [-0.15, -0.1) is 0 Å². The molecule has 84 valence electrons. The van der Waals surface area contributed by atoms with E-state index in [1.54, 1.807) is 0 Å². The number of aromatic nitrogens is 1. The van der Waals surface area contributed by atoms with Crippen molar-refractivity contribution in [3.05, 3.63) is 33.9 Å². The summed E-state index contributed by atoms with van der Waals surface area (Å²) in [5.41, 5.74) is 4.01. The zero-order chi connectivity index (χ0) is 11.3. The summed E-state index contributed by atoms with van der Waals surface area (Å²) in [6, 6.07) is 6.38. The summed E-state index contributed by atoms with van der Waals surface area (Å²) in [5, 5.41) is 1.33. The van der Waals surface area contributed by atoms with Crippen molar-refractivity contribution in [2.24, 2.45) is 0 Å². The number of hydrogen-bond acceptors (Lipinski definition) is 1. The lowest BCUT2D eigenvalue weighted by Crippen LogP contribution is -2.05. The van der Waals surface area contributed by atoms with Gasteiger partial charge in [-0.3, -0.25) is 0 Å². The first kappa shape index (κ1) is 10.4. The molecule has 0 radical (unpaired) electrons. The van der Waals surface area contributed by atoms with E-state index in [1.807, 2.05) is 0 Å². The first-order valence-corrected chi connectivity index (χ1v) is 6.33. The van der Waals surface area contributed by atoms with E-state index in [1.165, 1.54) is 26.6 Å². The van der Waals surface area contributed by atoms with Gasteiger partial charge in [-0.1, -0.05) is 22.0 Å². The lowest BCUT2D eigenvalue weighted by atomic mass is 10.2. The van der Waals surface area contributed by atoms with E-state index in [2.05, 4.69) is 52.5 Å². The molecular formula is C13H14BrNO. The van der Waals surface area contributed by atoms with Crippen LogP contribution in [0.2, 0.25) is 0 Å². The average Bonchev–Trinajstić information content (AvgIpc) is 3.03. The van der Waals surface area contributed by atoms with Gasteiger partial charge in [0.1, 0.15) is 0 Å². The third kappa shape index (κ3) is 1.50. The van der Waals surface area contributed by atoms with Crippen LogP contribution in [0, 0.1) is 13.8 Å². The van der Waals surface area contributed by atoms with Crippen LogP contribution >= 0.6 is 15.9 Å². The number of fused-ring (bicyclic) bond motifs is 1. The Labute approximate surface area is 103 Å². The smallest absolute Gasteiger partial charge is 0.0988 e. The highest BCUT2D eigenvalue weighted by Gasteiger charge is 2.25. The molecule has 0 aliphatic carbocycles. The first-order valence-electron chi connectivity index (χ1n) is 5.54. The van der Waals surface area contributed by atoms with Crippen molar-refractivity contribution < 1.29 is 4.74 Å². The summed E-state index contributed by atoms with van der Waals surface area (Å²) in [5.74, 6) is 0. The molecule has 0 bridgehead atoms. The van der Waals surface area contributed by atoms with Crippen LogP contribution in [0.1, 0.15) is 11.3 Å². The Hall–Kier alpha value is -0.800. The summed E-state index contributed by atoms with van der Waals surface area (Å²) in [6.45, 7) is 6.26. The highest BCUT2D eigenvalue weighted by atomic mass is 79.9. The minimum atomic E-state index is 0.424. The number of nitrogens with zero attached hydrogens (tertiary/aromatic N) is 1. The second-order valence-corrected chi connectivity index (χ2v) is 5.26. The second-order valence-electron chi connectivity index (χ2n) is 4.41. The number of halogens is 1. The molecule has 1 aliphatic heterocycles. The highest BCUT2D eigenvalue weighted by molar-refractivity contribution is 9.10. The molecule has 0 spiro atoms. The van der Waals surface area contributed by atoms with E-state index >= 15 is 0 Å². The Morgan fingerprint density at radius 1 is 1.44 bits per heavy atom. The molecule has 1 saturated heterocycles. The lowest BCUT2D eigenvalue weighted by Gasteiger charge is -2.05. The molecule has 0 N–H and O–H groups in total. The number of rotatable bonds is 2. The van der Waals surface area contributed by atoms with E-state index in [-0.39, 0.29) is 0 Å². The maximum Gasteiger partial charge on any atom is 0.0988 e. The van der Waals surface area contributed by atoms with Gasteiger partial charge in [-0.25, -0.2) is 0 Å². The van der Waals surface area contributed by atoms with E-state index in [0.29, 0.717) is 6.10 Å². The minimum Gasteiger partial charge on any atom is -0.371 e. The van der Waals surface area contributed by atoms with Crippen molar-refractivity contribution in [3.8, 4) is 0 Å². The first-order chi connectivity index (χ1) is 7.68. The van der Waals surface area contributed by atoms with Crippen LogP contribution in [0.3, 0.4) is 0 Å². The van der Waals surface area contributed by atoms with Gasteiger partial charge >= 0.3 is 0 Å². The molecule has 3 rings (SSSR count). The van der Waals surface area contributed by atoms with Crippen LogP contribution in [-0.2, 0) is 11.3 Å². The molecule has 16 heavy (non-hydrogen) atoms. The summed E-state index contributed by atoms with van der Waals surface area (Å²) < 4.78 is 8.87. The van der Waals surface area contributed by atoms with Gasteiger partial charge in [0.05, 0.1) is 19.3 Å². The Morgan fingerprint density at radius 3 is 2.88 bits per heavy atom. The van der Waals surface area contributed by atoms with Gasteiger partial charge in [0, 0.05) is 21.1 Å². The maximum atomic E-state index is 5.32. The molecular weight excluding hydrogens is 266 g/mol. The fraction of sp³-hybridized carbons (Fsp3) is 0.385. The second kappa shape index (κ2) is 3.60. The predicted octanol–water partition coefficient (Wildman–Crippen LogP) is 3.42. The van der Waals surface area contributed by atoms with Crippen molar-refractivity contribution in [1.82, 2.24) is 4.57 Å². The normalized spacial score (nSPS) is 19.3. The quantitative estimate of drug-likeness (QED) is 0.770. The molecule has 1 aromatic heterocycles. The van der Waals surface area contributed by atoms with E-state index in [0.717, 1.165) is 13.2 Å². The Balaban J connectivity index is 2.25. The SMILES string of the molecule is Cc1c(C)n(CC2CO2)c2cccc(Br)c12. The molecule has 1 aromatic carbocycles. The van der Waals surface area contributed by atoms with Crippen LogP contribution in [0.4, 0.5) is 0 Å². The standard InChI is InChI=1S/C13H14BrNO/c1-8-9(2)15(6-10-7-16-10)12-5-3-4-11(14)13(8)12/h3-5,10H,6-7H2,1-2H3. The van der Waals surface area contributed by atoms with Gasteiger partial charge in [-0.05, 0) is 31.5 Å². The molecule has 0 saturated carbocycles. The van der Waals surface area contributed by atoms with Crippen molar-refractivity contribution in [2.45, 2.75) is 26.5 Å². The molecule has 1 unspecified atom stereocenters. The summed E-state index contributed by atoms with van der Waals surface area (Å²) in [4.78, 5) is 0. The fourth-order valence-corrected chi connectivity index (χ4v) is 2.94. The topological polar surface area (TPSA) is 17.5 Å². The number of epoxide rings is 1. The molecule has 1 aliphatic rings. The van der Waals surface area contributed by atoms with Crippen LogP contribution in [0.25, 0.3) is 10.9 Å². The van der Waals surface area contributed by atoms with Crippen molar-refractivity contribution in [1.29, 1.82) is 0 Å². The molecule has 1 atom stereocenters. The number of benzene rings is 1. The number of hydrogen-bond donors (Lipinski definition) is 0. The highest BCUT2D eigenvalue weighted by Crippen LogP contribution is 2.32. The van der Waals surface area contributed by atoms with Gasteiger partial charge in [0.2, 0.25) is 0 Å². The van der Waals surface area contributed by atoms with Crippen LogP contribution in [0.5, 0.6) is 0 Å². The van der Waals surface area contributed by atoms with E-state index < -0.39 is 0 Å². The molecule has 3 heteroatoms. The summed E-state index contributed by atoms with van der Waals surface area (Å²) >= 11 is 3.63. The van der Waals surface area contributed by atoms with Crippen LogP contribution in [0.15, 0.2) is 22.7 Å². The molecule has 2 aromatic rings. The fourth-order valence-electron chi connectivity index (χ4n) is 2.29. The monoisotopic (exact) mass is 279 g/mol. The van der Waals surface area contributed by atoms with Gasteiger partial charge in [0.15, 0.2) is 0 Å². The van der Waals surface area contributed by atoms with Gasteiger partial charge in [0.25, 0.3) is 0 Å². The van der Waals surface area contributed by atoms with Crippen LogP contribution < -0.4 is 0 Å². The maximum absolute atomic E-state index is 5.32. The van der Waals surface area contributed by atoms with Crippen LogP contribution in [-0.4, -0.2) is 17.3 Å². The predicted molar refractivity (Wildman–Crippen MR) is 68.9 cm³/mol. The van der Waals surface area contributed by atoms with E-state index in [4.69, 9.17) is 4.74 Å². The molecule has 0 amide bonds. The number of ether oxygens (including phenoxy) is 1.